The molecule has 0 aliphatic carbocycles. The van der Waals surface area contributed by atoms with Gasteiger partial charge in [0.15, 0.2) is 0 Å². The minimum Gasteiger partial charge on any atom is -0.444 e. The van der Waals surface area contributed by atoms with E-state index in [0.717, 1.165) is 30.9 Å². The van der Waals surface area contributed by atoms with Gasteiger partial charge in [0.2, 0.25) is 0 Å². The van der Waals surface area contributed by atoms with Crippen molar-refractivity contribution in [3.05, 3.63) is 29.8 Å². The van der Waals surface area contributed by atoms with Crippen LogP contribution in [0.1, 0.15) is 32.4 Å². The molecule has 1 heterocycles. The summed E-state index contributed by atoms with van der Waals surface area (Å²) in [6.45, 7) is 8.44. The molecule has 1 atom stereocenters. The first-order valence-corrected chi connectivity index (χ1v) is 7.37. The summed E-state index contributed by atoms with van der Waals surface area (Å²) < 4.78 is 5.33. The number of hydrogen-bond acceptors (Lipinski definition) is 4. The van der Waals surface area contributed by atoms with Crippen molar-refractivity contribution < 1.29 is 9.53 Å². The summed E-state index contributed by atoms with van der Waals surface area (Å²) in [6, 6.07) is 8.15. The Morgan fingerprint density at radius 1 is 1.38 bits per heavy atom. The van der Waals surface area contributed by atoms with Gasteiger partial charge in [-0.3, -0.25) is 10.2 Å². The van der Waals surface area contributed by atoms with E-state index in [4.69, 9.17) is 4.74 Å². The molecule has 0 spiro atoms. The van der Waals surface area contributed by atoms with E-state index in [-0.39, 0.29) is 6.04 Å². The number of para-hydroxylation sites is 1. The molecule has 2 rings (SSSR count). The van der Waals surface area contributed by atoms with Crippen molar-refractivity contribution in [2.24, 2.45) is 0 Å². The van der Waals surface area contributed by atoms with Crippen molar-refractivity contribution in [3.63, 3.8) is 0 Å². The monoisotopic (exact) mass is 291 g/mol. The average Bonchev–Trinajstić information content (AvgIpc) is 2.38. The molecule has 5 nitrogen and oxygen atoms in total. The third-order valence-electron chi connectivity index (χ3n) is 3.47. The maximum absolute atomic E-state index is 12.0. The first-order valence-electron chi connectivity index (χ1n) is 7.37. The van der Waals surface area contributed by atoms with Gasteiger partial charge in [0.25, 0.3) is 0 Å². The highest BCUT2D eigenvalue weighted by Crippen LogP contribution is 2.28. The van der Waals surface area contributed by atoms with Gasteiger partial charge in [-0.1, -0.05) is 18.2 Å². The number of ether oxygens (including phenoxy) is 1. The zero-order valence-electron chi connectivity index (χ0n) is 13.3. The molecule has 0 aromatic heterocycles. The summed E-state index contributed by atoms with van der Waals surface area (Å²) in [5.74, 6) is 0. The molecule has 0 saturated carbocycles. The van der Waals surface area contributed by atoms with E-state index < -0.39 is 11.7 Å². The molecule has 1 saturated heterocycles. The maximum atomic E-state index is 12.0. The summed E-state index contributed by atoms with van der Waals surface area (Å²) in [5.41, 5.74) is 1.42. The Bertz CT molecular complexity index is 497. The Morgan fingerprint density at radius 2 is 2.10 bits per heavy atom. The summed E-state index contributed by atoms with van der Waals surface area (Å²) >= 11 is 0. The molecule has 21 heavy (non-hydrogen) atoms. The third kappa shape index (κ3) is 4.44. The van der Waals surface area contributed by atoms with Crippen molar-refractivity contribution in [1.29, 1.82) is 0 Å². The van der Waals surface area contributed by atoms with Crippen LogP contribution in [-0.2, 0) is 4.74 Å². The Balaban J connectivity index is 2.15. The summed E-state index contributed by atoms with van der Waals surface area (Å²) in [7, 11) is 2.11. The fraction of sp³-hybridized carbons (Fsp3) is 0.562. The zero-order chi connectivity index (χ0) is 15.5. The molecule has 5 heteroatoms. The van der Waals surface area contributed by atoms with Crippen LogP contribution in [0.5, 0.6) is 0 Å². The van der Waals surface area contributed by atoms with E-state index in [1.54, 1.807) is 0 Å². The summed E-state index contributed by atoms with van der Waals surface area (Å²) in [6.07, 6.45) is -0.415. The van der Waals surface area contributed by atoms with Crippen LogP contribution in [0.4, 0.5) is 10.5 Å². The molecule has 116 valence electrons. The molecule has 1 aliphatic heterocycles. The number of hydrogen-bond donors (Lipinski definition) is 2. The highest BCUT2D eigenvalue weighted by molar-refractivity contribution is 5.86. The molecule has 0 radical (unpaired) electrons. The molecule has 1 unspecified atom stereocenters. The van der Waals surface area contributed by atoms with Crippen LogP contribution in [-0.4, -0.2) is 43.3 Å². The van der Waals surface area contributed by atoms with Crippen LogP contribution in [0.15, 0.2) is 24.3 Å². The quantitative estimate of drug-likeness (QED) is 0.879. The predicted octanol–water partition coefficient (Wildman–Crippen LogP) is 2.61. The number of likely N-dealkylation sites (N-methyl/N-ethyl adjacent to an activating group) is 1. The second-order valence-electron chi connectivity index (χ2n) is 6.41. The fourth-order valence-corrected chi connectivity index (χ4v) is 2.47. The molecule has 1 fully saturated rings. The lowest BCUT2D eigenvalue weighted by Crippen LogP contribution is -2.44. The Kier molecular flexibility index (Phi) is 4.85. The standard InChI is InChI=1S/C16H25N3O2/c1-16(2,3)21-15(20)18-13-8-6-5-7-12(13)14-11-17-9-10-19(14)4/h5-8,14,17H,9-11H2,1-4H3,(H,18,20). The lowest BCUT2D eigenvalue weighted by molar-refractivity contribution is 0.0635. The third-order valence-corrected chi connectivity index (χ3v) is 3.47. The lowest BCUT2D eigenvalue weighted by Gasteiger charge is -2.34. The average molecular weight is 291 g/mol. The minimum atomic E-state index is -0.498. The van der Waals surface area contributed by atoms with Crippen LogP contribution in [0.2, 0.25) is 0 Å². The van der Waals surface area contributed by atoms with Crippen molar-refractivity contribution in [1.82, 2.24) is 10.2 Å². The Morgan fingerprint density at radius 3 is 2.76 bits per heavy atom. The van der Waals surface area contributed by atoms with Crippen molar-refractivity contribution in [3.8, 4) is 0 Å². The SMILES string of the molecule is CN1CCNCC1c1ccccc1NC(=O)OC(C)(C)C. The van der Waals surface area contributed by atoms with E-state index in [1.165, 1.54) is 0 Å². The number of carbonyl (C=O) groups is 1. The first-order chi connectivity index (χ1) is 9.87. The van der Waals surface area contributed by atoms with E-state index in [9.17, 15) is 4.79 Å². The number of amides is 1. The Hall–Kier alpha value is -1.59. The van der Waals surface area contributed by atoms with E-state index in [2.05, 4.69) is 28.6 Å². The second kappa shape index (κ2) is 6.45. The van der Waals surface area contributed by atoms with E-state index >= 15 is 0 Å². The van der Waals surface area contributed by atoms with Crippen LogP contribution in [0, 0.1) is 0 Å². The van der Waals surface area contributed by atoms with Gasteiger partial charge in [-0.25, -0.2) is 4.79 Å². The van der Waals surface area contributed by atoms with Gasteiger partial charge >= 0.3 is 6.09 Å². The van der Waals surface area contributed by atoms with Crippen LogP contribution in [0.3, 0.4) is 0 Å². The topological polar surface area (TPSA) is 53.6 Å². The number of anilines is 1. The molecular weight excluding hydrogens is 266 g/mol. The number of benzene rings is 1. The number of nitrogens with one attached hydrogen (secondary N) is 2. The normalized spacial score (nSPS) is 20.1. The molecular formula is C16H25N3O2. The van der Waals surface area contributed by atoms with Crippen molar-refractivity contribution >= 4 is 11.8 Å². The number of rotatable bonds is 2. The van der Waals surface area contributed by atoms with Crippen molar-refractivity contribution in [2.45, 2.75) is 32.4 Å². The largest absolute Gasteiger partial charge is 0.444 e. The summed E-state index contributed by atoms with van der Waals surface area (Å²) in [5, 5.41) is 6.27. The van der Waals surface area contributed by atoms with Gasteiger partial charge in [0, 0.05) is 31.4 Å². The van der Waals surface area contributed by atoms with E-state index in [1.807, 2.05) is 39.0 Å². The smallest absolute Gasteiger partial charge is 0.412 e. The van der Waals surface area contributed by atoms with Gasteiger partial charge in [-0.05, 0) is 39.4 Å². The second-order valence-corrected chi connectivity index (χ2v) is 6.41. The molecule has 0 bridgehead atoms. The number of carbonyl (C=O) groups excluding carboxylic acids is 1. The summed E-state index contributed by atoms with van der Waals surface area (Å²) in [4.78, 5) is 14.3. The van der Waals surface area contributed by atoms with Crippen LogP contribution >= 0.6 is 0 Å². The van der Waals surface area contributed by atoms with Gasteiger partial charge in [0.05, 0.1) is 0 Å². The van der Waals surface area contributed by atoms with Gasteiger partial charge < -0.3 is 10.1 Å². The molecule has 1 aromatic rings. The number of piperazine rings is 1. The van der Waals surface area contributed by atoms with Crippen LogP contribution < -0.4 is 10.6 Å². The lowest BCUT2D eigenvalue weighted by atomic mass is 10.0. The predicted molar refractivity (Wildman–Crippen MR) is 84.5 cm³/mol. The van der Waals surface area contributed by atoms with Crippen LogP contribution in [0.25, 0.3) is 0 Å². The minimum absolute atomic E-state index is 0.255. The van der Waals surface area contributed by atoms with E-state index in [0.29, 0.717) is 0 Å². The molecule has 1 amide bonds. The van der Waals surface area contributed by atoms with Gasteiger partial charge in [-0.2, -0.15) is 0 Å². The first kappa shape index (κ1) is 15.8. The van der Waals surface area contributed by atoms with Gasteiger partial charge in [-0.15, -0.1) is 0 Å². The fourth-order valence-electron chi connectivity index (χ4n) is 2.47. The highest BCUT2D eigenvalue weighted by Gasteiger charge is 2.24. The highest BCUT2D eigenvalue weighted by atomic mass is 16.6. The molecule has 1 aliphatic rings. The number of nitrogens with zero attached hydrogens (tertiary/aromatic N) is 1. The maximum Gasteiger partial charge on any atom is 0.412 e. The molecule has 1 aromatic carbocycles. The zero-order valence-corrected chi connectivity index (χ0v) is 13.3. The molecule has 2 N–H and O–H groups in total. The van der Waals surface area contributed by atoms with Gasteiger partial charge in [0.1, 0.15) is 5.60 Å². The Labute approximate surface area is 126 Å². The van der Waals surface area contributed by atoms with Crippen molar-refractivity contribution in [2.75, 3.05) is 32.0 Å².